The molecule has 1 fully saturated rings. The van der Waals surface area contributed by atoms with Crippen LogP contribution in [-0.2, 0) is 20.9 Å². The highest BCUT2D eigenvalue weighted by Crippen LogP contribution is 2.25. The van der Waals surface area contributed by atoms with Crippen molar-refractivity contribution in [3.63, 3.8) is 0 Å². The highest BCUT2D eigenvalue weighted by Gasteiger charge is 2.27. The molecule has 1 aliphatic carbocycles. The highest BCUT2D eigenvalue weighted by atomic mass is 16.5. The average Bonchev–Trinajstić information content (AvgIpc) is 2.76. The van der Waals surface area contributed by atoms with E-state index in [0.717, 1.165) is 37.0 Å². The van der Waals surface area contributed by atoms with Crippen LogP contribution < -0.4 is 15.4 Å². The summed E-state index contributed by atoms with van der Waals surface area (Å²) in [6.45, 7) is 2.90. The van der Waals surface area contributed by atoms with Gasteiger partial charge in [-0.05, 0) is 50.3 Å². The summed E-state index contributed by atoms with van der Waals surface area (Å²) >= 11 is 0. The number of amides is 1. The van der Waals surface area contributed by atoms with Gasteiger partial charge in [0, 0.05) is 20.1 Å². The van der Waals surface area contributed by atoms with Gasteiger partial charge in [-0.2, -0.15) is 0 Å². The SMILES string of the molecule is CCOC(=O)C1CCC(NC(=NCc2ccc(OC)cc2)NCC(=O)N(C)C)CC1. The van der Waals surface area contributed by atoms with E-state index >= 15 is 0 Å². The molecule has 2 rings (SSSR count). The van der Waals surface area contributed by atoms with Crippen molar-refractivity contribution in [2.24, 2.45) is 10.9 Å². The first-order valence-electron chi connectivity index (χ1n) is 10.5. The Kier molecular flexibility index (Phi) is 9.44. The number of aliphatic imine (C=N–C) groups is 1. The summed E-state index contributed by atoms with van der Waals surface area (Å²) in [5, 5.41) is 6.55. The molecule has 1 saturated carbocycles. The molecule has 2 N–H and O–H groups in total. The second kappa shape index (κ2) is 12.0. The predicted molar refractivity (Wildman–Crippen MR) is 116 cm³/mol. The average molecular weight is 419 g/mol. The van der Waals surface area contributed by atoms with Crippen molar-refractivity contribution in [1.82, 2.24) is 15.5 Å². The van der Waals surface area contributed by atoms with E-state index in [4.69, 9.17) is 9.47 Å². The monoisotopic (exact) mass is 418 g/mol. The number of esters is 1. The van der Waals surface area contributed by atoms with Gasteiger partial charge in [-0.15, -0.1) is 0 Å². The third-order valence-corrected chi connectivity index (χ3v) is 5.17. The zero-order valence-corrected chi connectivity index (χ0v) is 18.4. The minimum atomic E-state index is -0.0981. The summed E-state index contributed by atoms with van der Waals surface area (Å²) in [6, 6.07) is 7.94. The number of guanidine groups is 1. The molecule has 0 aromatic heterocycles. The van der Waals surface area contributed by atoms with Gasteiger partial charge in [0.15, 0.2) is 5.96 Å². The van der Waals surface area contributed by atoms with Crippen molar-refractivity contribution in [1.29, 1.82) is 0 Å². The van der Waals surface area contributed by atoms with Crippen molar-refractivity contribution in [3.8, 4) is 5.75 Å². The number of methoxy groups -OCH3 is 1. The third kappa shape index (κ3) is 7.57. The normalized spacial score (nSPS) is 19.0. The van der Waals surface area contributed by atoms with Gasteiger partial charge in [0.25, 0.3) is 0 Å². The Labute approximate surface area is 179 Å². The number of likely N-dealkylation sites (N-methyl/N-ethyl adjacent to an activating group) is 1. The molecule has 8 heteroatoms. The Hall–Kier alpha value is -2.77. The Morgan fingerprint density at radius 1 is 1.13 bits per heavy atom. The maximum atomic E-state index is 12.0. The quantitative estimate of drug-likeness (QED) is 0.381. The van der Waals surface area contributed by atoms with Crippen LogP contribution in [0.5, 0.6) is 5.75 Å². The van der Waals surface area contributed by atoms with Crippen LogP contribution in [0.3, 0.4) is 0 Å². The van der Waals surface area contributed by atoms with Gasteiger partial charge in [-0.1, -0.05) is 12.1 Å². The molecule has 1 aromatic rings. The Morgan fingerprint density at radius 3 is 2.37 bits per heavy atom. The van der Waals surface area contributed by atoms with Crippen molar-refractivity contribution in [2.45, 2.75) is 45.2 Å². The smallest absolute Gasteiger partial charge is 0.308 e. The summed E-state index contributed by atoms with van der Waals surface area (Å²) in [4.78, 5) is 30.1. The molecule has 0 bridgehead atoms. The fraction of sp³-hybridized carbons (Fsp3) is 0.591. The number of hydrogen-bond donors (Lipinski definition) is 2. The lowest BCUT2D eigenvalue weighted by Gasteiger charge is -2.29. The lowest BCUT2D eigenvalue weighted by atomic mass is 9.86. The molecule has 0 spiro atoms. The maximum absolute atomic E-state index is 12.0. The first kappa shape index (κ1) is 23.5. The fourth-order valence-corrected chi connectivity index (χ4v) is 3.30. The second-order valence-corrected chi connectivity index (χ2v) is 7.60. The van der Waals surface area contributed by atoms with Crippen LogP contribution in [0.15, 0.2) is 29.3 Å². The van der Waals surface area contributed by atoms with Crippen LogP contribution in [-0.4, -0.2) is 63.1 Å². The Balaban J connectivity index is 1.96. The molecule has 0 unspecified atom stereocenters. The molecule has 8 nitrogen and oxygen atoms in total. The number of carbonyl (C=O) groups excluding carboxylic acids is 2. The van der Waals surface area contributed by atoms with Gasteiger partial charge in [-0.3, -0.25) is 9.59 Å². The van der Waals surface area contributed by atoms with Gasteiger partial charge in [0.1, 0.15) is 5.75 Å². The van der Waals surface area contributed by atoms with E-state index in [9.17, 15) is 9.59 Å². The summed E-state index contributed by atoms with van der Waals surface area (Å²) in [5.41, 5.74) is 1.04. The zero-order valence-electron chi connectivity index (χ0n) is 18.4. The van der Waals surface area contributed by atoms with Crippen LogP contribution in [0.25, 0.3) is 0 Å². The fourth-order valence-electron chi connectivity index (χ4n) is 3.30. The highest BCUT2D eigenvalue weighted by molar-refractivity contribution is 5.86. The van der Waals surface area contributed by atoms with E-state index in [1.807, 2.05) is 31.2 Å². The largest absolute Gasteiger partial charge is 0.497 e. The molecule has 0 atom stereocenters. The lowest BCUT2D eigenvalue weighted by molar-refractivity contribution is -0.149. The topological polar surface area (TPSA) is 92.3 Å². The van der Waals surface area contributed by atoms with Crippen molar-refractivity contribution >= 4 is 17.8 Å². The Bertz CT molecular complexity index is 710. The molecule has 1 aliphatic rings. The molecule has 1 aromatic carbocycles. The van der Waals surface area contributed by atoms with E-state index in [1.165, 1.54) is 0 Å². The van der Waals surface area contributed by atoms with Crippen LogP contribution in [0, 0.1) is 5.92 Å². The molecule has 0 saturated heterocycles. The first-order chi connectivity index (χ1) is 14.4. The van der Waals surface area contributed by atoms with Crippen molar-refractivity contribution < 1.29 is 19.1 Å². The van der Waals surface area contributed by atoms with E-state index in [-0.39, 0.29) is 30.4 Å². The number of hydrogen-bond acceptors (Lipinski definition) is 5. The van der Waals surface area contributed by atoms with E-state index in [1.54, 1.807) is 26.1 Å². The number of ether oxygens (including phenoxy) is 2. The summed E-state index contributed by atoms with van der Waals surface area (Å²) in [5.74, 6) is 1.25. The molecule has 1 amide bonds. The number of rotatable bonds is 8. The summed E-state index contributed by atoms with van der Waals surface area (Å²) < 4.78 is 10.3. The van der Waals surface area contributed by atoms with E-state index in [0.29, 0.717) is 19.1 Å². The van der Waals surface area contributed by atoms with Gasteiger partial charge in [0.2, 0.25) is 5.91 Å². The zero-order chi connectivity index (χ0) is 21.9. The number of benzene rings is 1. The van der Waals surface area contributed by atoms with Gasteiger partial charge < -0.3 is 25.0 Å². The predicted octanol–water partition coefficient (Wildman–Crippen LogP) is 1.94. The maximum Gasteiger partial charge on any atom is 0.308 e. The molecule has 30 heavy (non-hydrogen) atoms. The van der Waals surface area contributed by atoms with Crippen LogP contribution in [0.2, 0.25) is 0 Å². The Morgan fingerprint density at radius 2 is 1.80 bits per heavy atom. The second-order valence-electron chi connectivity index (χ2n) is 7.60. The van der Waals surface area contributed by atoms with Crippen molar-refractivity contribution in [3.05, 3.63) is 29.8 Å². The lowest BCUT2D eigenvalue weighted by Crippen LogP contribution is -2.48. The first-order valence-corrected chi connectivity index (χ1v) is 10.5. The van der Waals surface area contributed by atoms with Gasteiger partial charge >= 0.3 is 5.97 Å². The molecule has 0 radical (unpaired) electrons. The third-order valence-electron chi connectivity index (χ3n) is 5.17. The van der Waals surface area contributed by atoms with Crippen molar-refractivity contribution in [2.75, 3.05) is 34.4 Å². The minimum absolute atomic E-state index is 0.0223. The molecule has 0 heterocycles. The summed E-state index contributed by atoms with van der Waals surface area (Å²) in [6.07, 6.45) is 3.29. The number of nitrogens with one attached hydrogen (secondary N) is 2. The van der Waals surface area contributed by atoms with Gasteiger partial charge in [0.05, 0.1) is 32.7 Å². The molecule has 166 valence electrons. The van der Waals surface area contributed by atoms with Gasteiger partial charge in [-0.25, -0.2) is 4.99 Å². The van der Waals surface area contributed by atoms with E-state index < -0.39 is 0 Å². The van der Waals surface area contributed by atoms with Crippen LogP contribution >= 0.6 is 0 Å². The van der Waals surface area contributed by atoms with Crippen LogP contribution in [0.1, 0.15) is 38.2 Å². The number of nitrogens with zero attached hydrogens (tertiary/aromatic N) is 2. The minimum Gasteiger partial charge on any atom is -0.497 e. The molecular formula is C22H34N4O4. The standard InChI is InChI=1S/C22H34N4O4/c1-5-30-21(28)17-8-10-18(11-9-17)25-22(24-15-20(27)26(2)3)23-14-16-6-12-19(29-4)13-7-16/h6-7,12-13,17-18H,5,8-11,14-15H2,1-4H3,(H2,23,24,25). The summed E-state index contributed by atoms with van der Waals surface area (Å²) in [7, 11) is 5.09. The van der Waals surface area contributed by atoms with Crippen LogP contribution in [0.4, 0.5) is 0 Å². The number of carbonyl (C=O) groups is 2. The van der Waals surface area contributed by atoms with E-state index in [2.05, 4.69) is 15.6 Å². The molecular weight excluding hydrogens is 384 g/mol. The molecule has 0 aliphatic heterocycles.